The number of halogens is 1. The van der Waals surface area contributed by atoms with Gasteiger partial charge in [0.15, 0.2) is 10.9 Å². The second kappa shape index (κ2) is 6.40. The van der Waals surface area contributed by atoms with E-state index in [-0.39, 0.29) is 5.11 Å². The minimum absolute atomic E-state index is 0.141. The number of rotatable bonds is 3. The summed E-state index contributed by atoms with van der Waals surface area (Å²) in [6.45, 7) is 0. The van der Waals surface area contributed by atoms with Crippen molar-refractivity contribution in [3.8, 4) is 22.4 Å². The number of thiocarbonyl (C=S) groups is 1. The number of aromatic amines is 1. The molecule has 4 N–H and O–H groups in total. The molecule has 0 atom stereocenters. The van der Waals surface area contributed by atoms with Crippen molar-refractivity contribution in [3.63, 3.8) is 0 Å². The van der Waals surface area contributed by atoms with Crippen molar-refractivity contribution in [3.05, 3.63) is 47.9 Å². The highest BCUT2D eigenvalue weighted by Crippen LogP contribution is 2.36. The van der Waals surface area contributed by atoms with Gasteiger partial charge in [0.2, 0.25) is 0 Å². The number of nitrogens with two attached hydrogens (primary N) is 1. The van der Waals surface area contributed by atoms with Crippen LogP contribution in [-0.2, 0) is 7.05 Å². The predicted octanol–water partition coefficient (Wildman–Crippen LogP) is 3.33. The van der Waals surface area contributed by atoms with Crippen LogP contribution >= 0.6 is 23.8 Å². The monoisotopic (exact) mass is 383 g/mol. The lowest BCUT2D eigenvalue weighted by molar-refractivity contribution is 0.768. The van der Waals surface area contributed by atoms with Crippen LogP contribution in [0.3, 0.4) is 0 Å². The van der Waals surface area contributed by atoms with Gasteiger partial charge in [-0.1, -0.05) is 11.6 Å². The Balaban J connectivity index is 2.01. The number of anilines is 1. The molecule has 3 heterocycles. The molecule has 7 nitrogen and oxygen atoms in total. The zero-order valence-corrected chi connectivity index (χ0v) is 15.3. The zero-order chi connectivity index (χ0) is 18.3. The van der Waals surface area contributed by atoms with E-state index in [4.69, 9.17) is 29.6 Å². The first kappa shape index (κ1) is 16.5. The Morgan fingerprint density at radius 2 is 2.19 bits per heavy atom. The van der Waals surface area contributed by atoms with Crippen LogP contribution in [0.2, 0.25) is 5.02 Å². The van der Waals surface area contributed by atoms with Gasteiger partial charge in [-0.3, -0.25) is 14.8 Å². The quantitative estimate of drug-likeness (QED) is 0.469. The largest absolute Gasteiger partial charge is 0.376 e. The number of hydrogen-bond donors (Lipinski definition) is 3. The lowest BCUT2D eigenvalue weighted by atomic mass is 10.00. The first-order valence-electron chi connectivity index (χ1n) is 7.71. The predicted molar refractivity (Wildman–Crippen MR) is 107 cm³/mol. The van der Waals surface area contributed by atoms with E-state index in [2.05, 4.69) is 25.6 Å². The van der Waals surface area contributed by atoms with Gasteiger partial charge in [0.05, 0.1) is 22.4 Å². The van der Waals surface area contributed by atoms with Crippen LogP contribution < -0.4 is 11.1 Å². The van der Waals surface area contributed by atoms with Crippen LogP contribution in [-0.4, -0.2) is 30.1 Å². The second-order valence-electron chi connectivity index (χ2n) is 5.74. The summed E-state index contributed by atoms with van der Waals surface area (Å²) < 4.78 is 1.74. The maximum absolute atomic E-state index is 6.35. The van der Waals surface area contributed by atoms with Gasteiger partial charge in [-0.25, -0.2) is 0 Å². The van der Waals surface area contributed by atoms with Crippen LogP contribution in [0, 0.1) is 0 Å². The number of benzene rings is 1. The third kappa shape index (κ3) is 2.89. The average Bonchev–Trinajstić information content (AvgIpc) is 3.21. The van der Waals surface area contributed by atoms with E-state index in [0.717, 1.165) is 27.6 Å². The van der Waals surface area contributed by atoms with Gasteiger partial charge in [0, 0.05) is 41.5 Å². The number of nitrogens with zero attached hydrogens (tertiary/aromatic N) is 4. The number of aryl methyl sites for hydroxylation is 1. The highest BCUT2D eigenvalue weighted by molar-refractivity contribution is 7.80. The average molecular weight is 384 g/mol. The van der Waals surface area contributed by atoms with Crippen molar-refractivity contribution in [2.75, 3.05) is 5.32 Å². The molecule has 0 saturated heterocycles. The molecule has 1 aromatic carbocycles. The van der Waals surface area contributed by atoms with Crippen LogP contribution in [0.15, 0.2) is 42.9 Å². The second-order valence-corrected chi connectivity index (χ2v) is 6.59. The van der Waals surface area contributed by atoms with Crippen molar-refractivity contribution in [2.24, 2.45) is 12.8 Å². The van der Waals surface area contributed by atoms with Gasteiger partial charge in [0.25, 0.3) is 0 Å². The van der Waals surface area contributed by atoms with Gasteiger partial charge in [-0.15, -0.1) is 0 Å². The molecule has 0 amide bonds. The first-order valence-corrected chi connectivity index (χ1v) is 8.50. The molecule has 0 aliphatic rings. The summed E-state index contributed by atoms with van der Waals surface area (Å²) in [5, 5.41) is 16.0. The molecular weight excluding hydrogens is 370 g/mol. The van der Waals surface area contributed by atoms with E-state index in [1.54, 1.807) is 29.2 Å². The van der Waals surface area contributed by atoms with Crippen LogP contribution in [0.5, 0.6) is 0 Å². The molecule has 0 fully saturated rings. The maximum atomic E-state index is 6.35. The number of aromatic nitrogens is 5. The van der Waals surface area contributed by atoms with E-state index >= 15 is 0 Å². The molecule has 4 aromatic rings. The highest BCUT2D eigenvalue weighted by atomic mass is 35.5. The van der Waals surface area contributed by atoms with E-state index in [0.29, 0.717) is 16.5 Å². The summed E-state index contributed by atoms with van der Waals surface area (Å²) in [4.78, 5) is 4.42. The fourth-order valence-corrected chi connectivity index (χ4v) is 3.18. The normalized spacial score (nSPS) is 11.0. The van der Waals surface area contributed by atoms with E-state index in [9.17, 15) is 0 Å². The van der Waals surface area contributed by atoms with Crippen molar-refractivity contribution in [1.29, 1.82) is 0 Å². The number of H-pyrrole nitrogens is 1. The SMILES string of the molecule is Cn1cc(-c2cc(-c3ncccc3Cl)cc3c(NC(N)=S)n[nH]c23)cn1. The van der Waals surface area contributed by atoms with E-state index in [1.165, 1.54) is 0 Å². The molecule has 0 spiro atoms. The molecule has 0 unspecified atom stereocenters. The third-order valence-electron chi connectivity index (χ3n) is 3.96. The molecule has 9 heteroatoms. The molecule has 0 aliphatic heterocycles. The first-order chi connectivity index (χ1) is 12.5. The van der Waals surface area contributed by atoms with E-state index < -0.39 is 0 Å². The molecule has 0 aliphatic carbocycles. The van der Waals surface area contributed by atoms with Gasteiger partial charge in [-0.2, -0.15) is 10.2 Å². The molecule has 0 bridgehead atoms. The standard InChI is InChI=1S/C17H14ClN7S/c1-25-8-10(7-21-25)11-5-9(14-13(18)3-2-4-20-14)6-12-15(11)23-24-16(12)22-17(19)26/h2-8H,1H3,(H4,19,22,23,24,26). The Bertz CT molecular complexity index is 1130. The number of pyridine rings is 1. The lowest BCUT2D eigenvalue weighted by Gasteiger charge is -2.08. The maximum Gasteiger partial charge on any atom is 0.169 e. The number of fused-ring (bicyclic) bond motifs is 1. The number of nitrogens with one attached hydrogen (secondary N) is 2. The molecule has 130 valence electrons. The smallest absolute Gasteiger partial charge is 0.169 e. The Morgan fingerprint density at radius 1 is 1.35 bits per heavy atom. The lowest BCUT2D eigenvalue weighted by Crippen LogP contribution is -2.19. The summed E-state index contributed by atoms with van der Waals surface area (Å²) in [5.74, 6) is 0.548. The van der Waals surface area contributed by atoms with Crippen molar-refractivity contribution in [2.45, 2.75) is 0 Å². The van der Waals surface area contributed by atoms with Crippen LogP contribution in [0.4, 0.5) is 5.82 Å². The molecular formula is C17H14ClN7S. The molecule has 3 aromatic heterocycles. The Kier molecular flexibility index (Phi) is 4.06. The fourth-order valence-electron chi connectivity index (χ4n) is 2.86. The van der Waals surface area contributed by atoms with Crippen molar-refractivity contribution in [1.82, 2.24) is 25.0 Å². The molecule has 0 radical (unpaired) electrons. The molecule has 26 heavy (non-hydrogen) atoms. The van der Waals surface area contributed by atoms with Gasteiger partial charge >= 0.3 is 0 Å². The van der Waals surface area contributed by atoms with Gasteiger partial charge in [0.1, 0.15) is 0 Å². The van der Waals surface area contributed by atoms with E-state index in [1.807, 2.05) is 25.4 Å². The summed E-state index contributed by atoms with van der Waals surface area (Å²) in [6, 6.07) is 7.56. The zero-order valence-electron chi connectivity index (χ0n) is 13.7. The minimum atomic E-state index is 0.141. The minimum Gasteiger partial charge on any atom is -0.376 e. The van der Waals surface area contributed by atoms with Gasteiger partial charge < -0.3 is 11.1 Å². The van der Waals surface area contributed by atoms with Crippen molar-refractivity contribution >= 4 is 45.7 Å². The summed E-state index contributed by atoms with van der Waals surface area (Å²) in [7, 11) is 1.87. The van der Waals surface area contributed by atoms with Crippen LogP contribution in [0.25, 0.3) is 33.3 Å². The summed E-state index contributed by atoms with van der Waals surface area (Å²) in [5.41, 5.74) is 9.87. The highest BCUT2D eigenvalue weighted by Gasteiger charge is 2.16. The summed E-state index contributed by atoms with van der Waals surface area (Å²) in [6.07, 6.45) is 5.43. The number of hydrogen-bond acceptors (Lipinski definition) is 4. The molecule has 0 saturated carbocycles. The Labute approximate surface area is 159 Å². The third-order valence-corrected chi connectivity index (χ3v) is 4.37. The van der Waals surface area contributed by atoms with Crippen molar-refractivity contribution < 1.29 is 0 Å². The Hall–Kier alpha value is -2.97. The fraction of sp³-hybridized carbons (Fsp3) is 0.0588. The summed E-state index contributed by atoms with van der Waals surface area (Å²) >= 11 is 11.3. The van der Waals surface area contributed by atoms with Gasteiger partial charge in [-0.05, 0) is 36.5 Å². The molecule has 4 rings (SSSR count). The Morgan fingerprint density at radius 3 is 2.88 bits per heavy atom. The topological polar surface area (TPSA) is 97.4 Å². The van der Waals surface area contributed by atoms with Crippen LogP contribution in [0.1, 0.15) is 0 Å².